The second-order valence-corrected chi connectivity index (χ2v) is 6.51. The first-order valence-corrected chi connectivity index (χ1v) is 8.80. The predicted octanol–water partition coefficient (Wildman–Crippen LogP) is 6.04. The molecule has 0 fully saturated rings. The van der Waals surface area contributed by atoms with Gasteiger partial charge in [-0.05, 0) is 12.3 Å². The lowest BCUT2D eigenvalue weighted by Crippen LogP contribution is -2.08. The maximum absolute atomic E-state index is 10.7. The third-order valence-corrected chi connectivity index (χ3v) is 4.45. The summed E-state index contributed by atoms with van der Waals surface area (Å²) in [5, 5.41) is 8.78. The lowest BCUT2D eigenvalue weighted by atomic mass is 9.99. The van der Waals surface area contributed by atoms with Crippen molar-refractivity contribution in [2.45, 2.75) is 97.8 Å². The molecule has 0 amide bonds. The quantitative estimate of drug-likeness (QED) is 0.394. The van der Waals surface area contributed by atoms with Crippen molar-refractivity contribution in [1.29, 1.82) is 0 Å². The van der Waals surface area contributed by atoms with Crippen LogP contribution in [-0.2, 0) is 4.79 Å². The van der Waals surface area contributed by atoms with Crippen molar-refractivity contribution in [3.8, 4) is 0 Å². The van der Waals surface area contributed by atoms with Crippen LogP contribution >= 0.6 is 0 Å². The molecule has 0 aliphatic rings. The Morgan fingerprint density at radius 2 is 1.20 bits per heavy atom. The number of carbonyl (C=O) groups is 1. The van der Waals surface area contributed by atoms with Gasteiger partial charge in [-0.1, -0.05) is 91.4 Å². The van der Waals surface area contributed by atoms with Gasteiger partial charge in [-0.2, -0.15) is 0 Å². The van der Waals surface area contributed by atoms with Crippen LogP contribution in [0.5, 0.6) is 0 Å². The largest absolute Gasteiger partial charge is 0.481 e. The van der Waals surface area contributed by atoms with Crippen LogP contribution < -0.4 is 0 Å². The van der Waals surface area contributed by atoms with Crippen LogP contribution in [0.25, 0.3) is 0 Å². The maximum atomic E-state index is 10.7. The number of rotatable bonds is 14. The van der Waals surface area contributed by atoms with Gasteiger partial charge in [-0.3, -0.25) is 4.79 Å². The summed E-state index contributed by atoms with van der Waals surface area (Å²) in [4.78, 5) is 10.7. The molecule has 0 aromatic rings. The SMILES string of the molecule is CCC(C)CCCCCCCCCCCC(C)C(=O)O. The zero-order valence-electron chi connectivity index (χ0n) is 14.0. The van der Waals surface area contributed by atoms with Crippen LogP contribution in [0.3, 0.4) is 0 Å². The molecule has 20 heavy (non-hydrogen) atoms. The van der Waals surface area contributed by atoms with E-state index in [0.717, 1.165) is 18.8 Å². The van der Waals surface area contributed by atoms with Crippen LogP contribution in [-0.4, -0.2) is 11.1 Å². The third-order valence-electron chi connectivity index (χ3n) is 4.45. The molecule has 0 saturated carbocycles. The average molecular weight is 284 g/mol. The Hall–Kier alpha value is -0.530. The van der Waals surface area contributed by atoms with Crippen molar-refractivity contribution in [2.24, 2.45) is 11.8 Å². The number of carboxylic acids is 1. The summed E-state index contributed by atoms with van der Waals surface area (Å²) >= 11 is 0. The molecule has 2 atom stereocenters. The highest BCUT2D eigenvalue weighted by Crippen LogP contribution is 2.16. The molecule has 0 radical (unpaired) electrons. The van der Waals surface area contributed by atoms with Crippen molar-refractivity contribution < 1.29 is 9.90 Å². The molecule has 0 spiro atoms. The fourth-order valence-electron chi connectivity index (χ4n) is 2.51. The number of carboxylic acid groups (broad SMARTS) is 1. The second-order valence-electron chi connectivity index (χ2n) is 6.51. The Bertz CT molecular complexity index is 225. The third kappa shape index (κ3) is 12.5. The molecule has 2 unspecified atom stereocenters. The van der Waals surface area contributed by atoms with E-state index in [9.17, 15) is 4.79 Å². The molecule has 0 rings (SSSR count). The van der Waals surface area contributed by atoms with E-state index in [4.69, 9.17) is 5.11 Å². The van der Waals surface area contributed by atoms with Gasteiger partial charge >= 0.3 is 5.97 Å². The lowest BCUT2D eigenvalue weighted by Gasteiger charge is -2.07. The lowest BCUT2D eigenvalue weighted by molar-refractivity contribution is -0.141. The van der Waals surface area contributed by atoms with Crippen molar-refractivity contribution >= 4 is 5.97 Å². The molecule has 0 aliphatic heterocycles. The Morgan fingerprint density at radius 1 is 0.800 bits per heavy atom. The van der Waals surface area contributed by atoms with E-state index in [1.807, 2.05) is 6.92 Å². The van der Waals surface area contributed by atoms with E-state index in [1.165, 1.54) is 64.2 Å². The van der Waals surface area contributed by atoms with E-state index in [-0.39, 0.29) is 5.92 Å². The Morgan fingerprint density at radius 3 is 1.60 bits per heavy atom. The summed E-state index contributed by atoms with van der Waals surface area (Å²) in [7, 11) is 0. The standard InChI is InChI=1S/C18H36O2/c1-4-16(2)14-12-10-8-6-5-7-9-11-13-15-17(3)18(19)20/h16-17H,4-15H2,1-3H3,(H,19,20). The maximum Gasteiger partial charge on any atom is 0.306 e. The van der Waals surface area contributed by atoms with Crippen molar-refractivity contribution in [2.75, 3.05) is 0 Å². The van der Waals surface area contributed by atoms with Gasteiger partial charge in [0.05, 0.1) is 5.92 Å². The van der Waals surface area contributed by atoms with Crippen LogP contribution in [0, 0.1) is 11.8 Å². The zero-order chi connectivity index (χ0) is 15.2. The summed E-state index contributed by atoms with van der Waals surface area (Å²) < 4.78 is 0. The molecule has 120 valence electrons. The molecular formula is C18H36O2. The highest BCUT2D eigenvalue weighted by molar-refractivity contribution is 5.69. The van der Waals surface area contributed by atoms with Crippen LogP contribution in [0.2, 0.25) is 0 Å². The van der Waals surface area contributed by atoms with Crippen molar-refractivity contribution in [1.82, 2.24) is 0 Å². The van der Waals surface area contributed by atoms with Crippen LogP contribution in [0.1, 0.15) is 97.8 Å². The van der Waals surface area contributed by atoms with E-state index < -0.39 is 5.97 Å². The number of unbranched alkanes of at least 4 members (excludes halogenated alkanes) is 8. The van der Waals surface area contributed by atoms with Gasteiger partial charge in [0.2, 0.25) is 0 Å². The van der Waals surface area contributed by atoms with Crippen LogP contribution in [0.4, 0.5) is 0 Å². The van der Waals surface area contributed by atoms with Gasteiger partial charge in [0.25, 0.3) is 0 Å². The smallest absolute Gasteiger partial charge is 0.306 e. The first-order valence-electron chi connectivity index (χ1n) is 8.80. The van der Waals surface area contributed by atoms with Gasteiger partial charge in [-0.15, -0.1) is 0 Å². The Labute approximate surface area is 126 Å². The Kier molecular flexibility index (Phi) is 13.1. The van der Waals surface area contributed by atoms with Crippen LogP contribution in [0.15, 0.2) is 0 Å². The molecule has 1 N–H and O–H groups in total. The molecule has 0 heterocycles. The molecular weight excluding hydrogens is 248 g/mol. The van der Waals surface area contributed by atoms with Crippen molar-refractivity contribution in [3.63, 3.8) is 0 Å². The molecule has 0 bridgehead atoms. The van der Waals surface area contributed by atoms with Gasteiger partial charge in [-0.25, -0.2) is 0 Å². The van der Waals surface area contributed by atoms with Crippen molar-refractivity contribution in [3.05, 3.63) is 0 Å². The second kappa shape index (κ2) is 13.5. The zero-order valence-corrected chi connectivity index (χ0v) is 14.0. The van der Waals surface area contributed by atoms with Gasteiger partial charge in [0.15, 0.2) is 0 Å². The van der Waals surface area contributed by atoms with E-state index >= 15 is 0 Å². The Balaban J connectivity index is 3.12. The molecule has 0 aliphatic carbocycles. The molecule has 2 heteroatoms. The first kappa shape index (κ1) is 19.5. The van der Waals surface area contributed by atoms with Gasteiger partial charge < -0.3 is 5.11 Å². The molecule has 0 aromatic heterocycles. The summed E-state index contributed by atoms with van der Waals surface area (Å²) in [6.45, 7) is 6.44. The highest BCUT2D eigenvalue weighted by Gasteiger charge is 2.09. The molecule has 2 nitrogen and oxygen atoms in total. The number of hydrogen-bond donors (Lipinski definition) is 1. The van der Waals surface area contributed by atoms with E-state index in [2.05, 4.69) is 13.8 Å². The monoisotopic (exact) mass is 284 g/mol. The number of aliphatic carboxylic acids is 1. The predicted molar refractivity (Wildman–Crippen MR) is 87.0 cm³/mol. The number of hydrogen-bond acceptors (Lipinski definition) is 1. The fraction of sp³-hybridized carbons (Fsp3) is 0.944. The average Bonchev–Trinajstić information content (AvgIpc) is 2.43. The summed E-state index contributed by atoms with van der Waals surface area (Å²) in [5.74, 6) is 0.0890. The molecule has 0 aromatic carbocycles. The van der Waals surface area contributed by atoms with Gasteiger partial charge in [0.1, 0.15) is 0 Å². The minimum atomic E-state index is -0.651. The molecule has 0 saturated heterocycles. The fourth-order valence-corrected chi connectivity index (χ4v) is 2.51. The topological polar surface area (TPSA) is 37.3 Å². The van der Waals surface area contributed by atoms with E-state index in [1.54, 1.807) is 0 Å². The first-order chi connectivity index (χ1) is 9.57. The minimum Gasteiger partial charge on any atom is -0.481 e. The minimum absolute atomic E-state index is 0.166. The highest BCUT2D eigenvalue weighted by atomic mass is 16.4. The summed E-state index contributed by atoms with van der Waals surface area (Å²) in [5.41, 5.74) is 0. The van der Waals surface area contributed by atoms with Gasteiger partial charge in [0, 0.05) is 0 Å². The summed E-state index contributed by atoms with van der Waals surface area (Å²) in [6, 6.07) is 0. The summed E-state index contributed by atoms with van der Waals surface area (Å²) in [6.07, 6.45) is 15.4. The normalized spacial score (nSPS) is 14.2. The van der Waals surface area contributed by atoms with E-state index in [0.29, 0.717) is 0 Å².